The van der Waals surface area contributed by atoms with Crippen molar-refractivity contribution in [3.8, 4) is 18.1 Å². The molecule has 25 heavy (non-hydrogen) atoms. The monoisotopic (exact) mass is 352 g/mol. The molecule has 2 aromatic carbocycles. The number of hydrogen-bond donors (Lipinski definition) is 1. The zero-order chi connectivity index (χ0) is 17.6. The second kappa shape index (κ2) is 7.69. The predicted octanol–water partition coefficient (Wildman–Crippen LogP) is 3.73. The second-order valence-electron chi connectivity index (χ2n) is 5.02. The van der Waals surface area contributed by atoms with Gasteiger partial charge in [0.25, 0.3) is 5.91 Å². The van der Waals surface area contributed by atoms with Gasteiger partial charge in [0.05, 0.1) is 10.6 Å². The van der Waals surface area contributed by atoms with Crippen LogP contribution in [0.5, 0.6) is 5.75 Å². The first-order valence-electron chi connectivity index (χ1n) is 7.35. The molecule has 2 aromatic rings. The first-order chi connectivity index (χ1) is 12.1. The Balaban J connectivity index is 1.72. The van der Waals surface area contributed by atoms with E-state index in [1.807, 2.05) is 12.1 Å². The minimum absolute atomic E-state index is 0.210. The maximum absolute atomic E-state index is 12.9. The van der Waals surface area contributed by atoms with Crippen LogP contribution < -0.4 is 10.1 Å². The number of thioether (sulfide) groups is 1. The standard InChI is InChI=1S/C19H13FN2O2S/c1-2-11-24-16-9-3-13(4-10-16)12-17-18(23)22-19(25-17)21-15-7-5-14(20)6-8-15/h1,3-10,12H,11H2,(H,21,22,23)/b17-12-. The van der Waals surface area contributed by atoms with Crippen LogP contribution in [0.3, 0.4) is 0 Å². The number of ether oxygens (including phenoxy) is 1. The van der Waals surface area contributed by atoms with E-state index in [-0.39, 0.29) is 18.3 Å². The molecule has 124 valence electrons. The molecule has 0 aromatic heterocycles. The number of hydrogen-bond acceptors (Lipinski definition) is 4. The van der Waals surface area contributed by atoms with Crippen LogP contribution in [0.2, 0.25) is 0 Å². The van der Waals surface area contributed by atoms with Gasteiger partial charge in [-0.3, -0.25) is 4.79 Å². The number of benzene rings is 2. The number of halogens is 1. The molecule has 0 spiro atoms. The van der Waals surface area contributed by atoms with Gasteiger partial charge < -0.3 is 10.1 Å². The van der Waals surface area contributed by atoms with E-state index in [9.17, 15) is 9.18 Å². The highest BCUT2D eigenvalue weighted by atomic mass is 32.2. The Morgan fingerprint density at radius 1 is 1.20 bits per heavy atom. The summed E-state index contributed by atoms with van der Waals surface area (Å²) in [6, 6.07) is 13.0. The molecule has 6 heteroatoms. The van der Waals surface area contributed by atoms with E-state index < -0.39 is 0 Å². The topological polar surface area (TPSA) is 50.7 Å². The van der Waals surface area contributed by atoms with Gasteiger partial charge in [-0.25, -0.2) is 9.38 Å². The van der Waals surface area contributed by atoms with E-state index in [4.69, 9.17) is 11.2 Å². The van der Waals surface area contributed by atoms with Crippen molar-refractivity contribution < 1.29 is 13.9 Å². The van der Waals surface area contributed by atoms with Crippen LogP contribution in [0.4, 0.5) is 10.1 Å². The van der Waals surface area contributed by atoms with E-state index in [0.29, 0.717) is 21.5 Å². The van der Waals surface area contributed by atoms with Gasteiger partial charge in [0.2, 0.25) is 0 Å². The van der Waals surface area contributed by atoms with Gasteiger partial charge in [0.1, 0.15) is 18.2 Å². The minimum Gasteiger partial charge on any atom is -0.481 e. The van der Waals surface area contributed by atoms with Gasteiger partial charge in [0, 0.05) is 0 Å². The number of amidine groups is 1. The summed E-state index contributed by atoms with van der Waals surface area (Å²) in [4.78, 5) is 16.9. The minimum atomic E-state index is -0.331. The van der Waals surface area contributed by atoms with E-state index >= 15 is 0 Å². The van der Waals surface area contributed by atoms with Crippen LogP contribution in [0.25, 0.3) is 6.08 Å². The van der Waals surface area contributed by atoms with E-state index in [1.165, 1.54) is 23.9 Å². The summed E-state index contributed by atoms with van der Waals surface area (Å²) in [6.45, 7) is 0.210. The second-order valence-corrected chi connectivity index (χ2v) is 6.05. The molecule has 1 heterocycles. The SMILES string of the molecule is C#CCOc1ccc(/C=C2\SC(=Nc3ccc(F)cc3)NC2=O)cc1. The van der Waals surface area contributed by atoms with E-state index in [1.54, 1.807) is 30.3 Å². The summed E-state index contributed by atoms with van der Waals surface area (Å²) in [5.41, 5.74) is 1.43. The third-order valence-electron chi connectivity index (χ3n) is 3.21. The smallest absolute Gasteiger partial charge is 0.264 e. The van der Waals surface area contributed by atoms with Crippen LogP contribution in [-0.2, 0) is 4.79 Å². The number of carbonyl (C=O) groups is 1. The van der Waals surface area contributed by atoms with Gasteiger partial charge in [-0.1, -0.05) is 18.1 Å². The van der Waals surface area contributed by atoms with Gasteiger partial charge in [-0.15, -0.1) is 6.42 Å². The zero-order valence-electron chi connectivity index (χ0n) is 13.0. The highest BCUT2D eigenvalue weighted by Gasteiger charge is 2.23. The molecule has 3 rings (SSSR count). The largest absolute Gasteiger partial charge is 0.481 e. The predicted molar refractivity (Wildman–Crippen MR) is 98.0 cm³/mol. The fraction of sp³-hybridized carbons (Fsp3) is 0.0526. The Morgan fingerprint density at radius 3 is 2.60 bits per heavy atom. The summed E-state index contributed by atoms with van der Waals surface area (Å²) in [5, 5.41) is 3.15. The van der Waals surface area contributed by atoms with E-state index in [0.717, 1.165) is 5.56 Å². The van der Waals surface area contributed by atoms with Gasteiger partial charge in [-0.2, -0.15) is 0 Å². The molecule has 0 bridgehead atoms. The average molecular weight is 352 g/mol. The lowest BCUT2D eigenvalue weighted by molar-refractivity contribution is -0.115. The number of carbonyl (C=O) groups excluding carboxylic acids is 1. The third-order valence-corrected chi connectivity index (χ3v) is 4.12. The van der Waals surface area contributed by atoms with Crippen LogP contribution in [0, 0.1) is 18.2 Å². The number of aliphatic imine (C=N–C) groups is 1. The number of terminal acetylenes is 1. The van der Waals surface area contributed by atoms with Crippen molar-refractivity contribution in [1.29, 1.82) is 0 Å². The summed E-state index contributed by atoms with van der Waals surface area (Å²) in [6.07, 6.45) is 6.91. The van der Waals surface area contributed by atoms with Crippen molar-refractivity contribution in [3.05, 3.63) is 64.8 Å². The maximum atomic E-state index is 12.9. The number of nitrogens with zero attached hydrogens (tertiary/aromatic N) is 1. The van der Waals surface area contributed by atoms with Crippen LogP contribution >= 0.6 is 11.8 Å². The highest BCUT2D eigenvalue weighted by Crippen LogP contribution is 2.28. The number of amides is 1. The first kappa shape index (κ1) is 16.8. The molecule has 1 aliphatic heterocycles. The first-order valence-corrected chi connectivity index (χ1v) is 8.17. The maximum Gasteiger partial charge on any atom is 0.264 e. The molecule has 4 nitrogen and oxygen atoms in total. The van der Waals surface area contributed by atoms with Crippen molar-refractivity contribution >= 4 is 34.6 Å². The average Bonchev–Trinajstić information content (AvgIpc) is 2.95. The molecule has 1 amide bonds. The Kier molecular flexibility index (Phi) is 5.17. The third kappa shape index (κ3) is 4.49. The molecule has 1 saturated heterocycles. The lowest BCUT2D eigenvalue weighted by Crippen LogP contribution is -2.19. The highest BCUT2D eigenvalue weighted by molar-refractivity contribution is 8.18. The molecule has 1 N–H and O–H groups in total. The quantitative estimate of drug-likeness (QED) is 0.674. The fourth-order valence-corrected chi connectivity index (χ4v) is 2.89. The molecular formula is C19H13FN2O2S. The molecule has 0 radical (unpaired) electrons. The Labute approximate surface area is 148 Å². The summed E-state index contributed by atoms with van der Waals surface area (Å²) >= 11 is 1.23. The van der Waals surface area contributed by atoms with Crippen LogP contribution in [-0.4, -0.2) is 17.7 Å². The van der Waals surface area contributed by atoms with Crippen molar-refractivity contribution in [2.45, 2.75) is 0 Å². The van der Waals surface area contributed by atoms with Gasteiger partial charge in [0.15, 0.2) is 5.17 Å². The van der Waals surface area contributed by atoms with Crippen molar-refractivity contribution in [2.75, 3.05) is 6.61 Å². The molecule has 0 unspecified atom stereocenters. The van der Waals surface area contributed by atoms with Crippen molar-refractivity contribution in [3.63, 3.8) is 0 Å². The van der Waals surface area contributed by atoms with Crippen molar-refractivity contribution in [2.24, 2.45) is 4.99 Å². The van der Waals surface area contributed by atoms with Gasteiger partial charge >= 0.3 is 0 Å². The summed E-state index contributed by atoms with van der Waals surface area (Å²) in [5.74, 6) is 2.51. The molecule has 0 saturated carbocycles. The van der Waals surface area contributed by atoms with Crippen molar-refractivity contribution in [1.82, 2.24) is 5.32 Å². The normalized spacial score (nSPS) is 16.7. The lowest BCUT2D eigenvalue weighted by Gasteiger charge is -2.02. The van der Waals surface area contributed by atoms with Gasteiger partial charge in [-0.05, 0) is 59.8 Å². The molecule has 0 atom stereocenters. The fourth-order valence-electron chi connectivity index (χ4n) is 2.05. The molecule has 1 aliphatic rings. The van der Waals surface area contributed by atoms with E-state index in [2.05, 4.69) is 16.2 Å². The lowest BCUT2D eigenvalue weighted by atomic mass is 10.2. The Hall–Kier alpha value is -3.04. The zero-order valence-corrected chi connectivity index (χ0v) is 13.8. The van der Waals surface area contributed by atoms with Crippen LogP contribution in [0.15, 0.2) is 58.4 Å². The number of rotatable bonds is 4. The van der Waals surface area contributed by atoms with Crippen LogP contribution in [0.1, 0.15) is 5.56 Å². The Morgan fingerprint density at radius 2 is 1.92 bits per heavy atom. The molecule has 1 fully saturated rings. The molecular weight excluding hydrogens is 339 g/mol. The number of nitrogens with one attached hydrogen (secondary N) is 1. The summed E-state index contributed by atoms with van der Waals surface area (Å²) < 4.78 is 18.2. The molecule has 0 aliphatic carbocycles. The summed E-state index contributed by atoms with van der Waals surface area (Å²) in [7, 11) is 0. The Bertz CT molecular complexity index is 881.